The molecule has 0 fully saturated rings. The molecule has 0 spiro atoms. The summed E-state index contributed by atoms with van der Waals surface area (Å²) < 4.78 is 2.49. The fraction of sp³-hybridized carbons (Fsp3) is 0. The summed E-state index contributed by atoms with van der Waals surface area (Å²) in [4.78, 5) is 14.8. The Kier molecular flexibility index (Phi) is 5.69. The van der Waals surface area contributed by atoms with Crippen LogP contribution in [0.5, 0.6) is 0 Å². The van der Waals surface area contributed by atoms with Crippen molar-refractivity contribution in [1.29, 1.82) is 0 Å². The van der Waals surface area contributed by atoms with Gasteiger partial charge in [-0.3, -0.25) is 0 Å². The number of aromatic nitrogens is 3. The third-order valence-corrected chi connectivity index (χ3v) is 8.08. The summed E-state index contributed by atoms with van der Waals surface area (Å²) in [6.07, 6.45) is 0. The molecule has 5 heteroatoms. The largest absolute Gasteiger partial charge is 0.208 e. The van der Waals surface area contributed by atoms with Crippen molar-refractivity contribution in [2.45, 2.75) is 0 Å². The number of thiophene rings is 1. The molecule has 0 aliphatic heterocycles. The third-order valence-electron chi connectivity index (χ3n) is 6.61. The molecule has 0 saturated carbocycles. The van der Waals surface area contributed by atoms with Crippen LogP contribution in [0.4, 0.5) is 0 Å². The van der Waals surface area contributed by atoms with Crippen molar-refractivity contribution >= 4 is 43.1 Å². The van der Waals surface area contributed by atoms with E-state index in [0.717, 1.165) is 27.8 Å². The van der Waals surface area contributed by atoms with E-state index in [1.807, 2.05) is 60.7 Å². The van der Waals surface area contributed by atoms with E-state index in [0.29, 0.717) is 22.5 Å². The molecule has 2 aromatic heterocycles. The Morgan fingerprint density at radius 3 is 1.74 bits per heavy atom. The Bertz CT molecular complexity index is 1930. The van der Waals surface area contributed by atoms with Gasteiger partial charge in [-0.1, -0.05) is 103 Å². The van der Waals surface area contributed by atoms with E-state index in [1.54, 1.807) is 11.3 Å². The van der Waals surface area contributed by atoms with E-state index in [1.165, 1.54) is 20.2 Å². The zero-order chi connectivity index (χ0) is 25.5. The lowest BCUT2D eigenvalue weighted by Crippen LogP contribution is -2.00. The number of fused-ring (bicyclic) bond motifs is 3. The van der Waals surface area contributed by atoms with Crippen LogP contribution in [-0.2, 0) is 0 Å². The number of hydrogen-bond donors (Lipinski definition) is 0. The van der Waals surface area contributed by atoms with Gasteiger partial charge in [-0.05, 0) is 35.9 Å². The van der Waals surface area contributed by atoms with Gasteiger partial charge in [0.15, 0.2) is 17.5 Å². The average Bonchev–Trinajstić information content (AvgIpc) is 3.36. The molecule has 0 saturated heterocycles. The Morgan fingerprint density at radius 1 is 0.447 bits per heavy atom. The minimum absolute atomic E-state index is 0.610. The standard InChI is InChI=1S/C33H20ClN3S/c34-28-18-16-23(19-27(28)21-9-3-1-4-10-21)32-35-31(22-11-5-2-6-12-22)36-33(37-32)24-15-17-26-25-13-7-8-14-29(25)38-30(26)20-24/h1-20H. The highest BCUT2D eigenvalue weighted by Gasteiger charge is 2.15. The van der Waals surface area contributed by atoms with Crippen LogP contribution in [0.15, 0.2) is 121 Å². The maximum Gasteiger partial charge on any atom is 0.164 e. The third kappa shape index (κ3) is 4.14. The topological polar surface area (TPSA) is 38.7 Å². The first kappa shape index (κ1) is 22.8. The Labute approximate surface area is 229 Å². The first-order chi connectivity index (χ1) is 18.7. The van der Waals surface area contributed by atoms with Gasteiger partial charge in [0.25, 0.3) is 0 Å². The molecule has 0 atom stereocenters. The molecule has 38 heavy (non-hydrogen) atoms. The highest BCUT2D eigenvalue weighted by Crippen LogP contribution is 2.37. The minimum atomic E-state index is 0.610. The molecule has 180 valence electrons. The number of hydrogen-bond acceptors (Lipinski definition) is 4. The quantitative estimate of drug-likeness (QED) is 0.229. The van der Waals surface area contributed by atoms with Gasteiger partial charge in [0.05, 0.1) is 0 Å². The molecule has 0 N–H and O–H groups in total. The Balaban J connectivity index is 1.41. The minimum Gasteiger partial charge on any atom is -0.208 e. The van der Waals surface area contributed by atoms with Crippen molar-refractivity contribution in [3.05, 3.63) is 126 Å². The Hall–Kier alpha value is -4.38. The van der Waals surface area contributed by atoms with Gasteiger partial charge < -0.3 is 0 Å². The van der Waals surface area contributed by atoms with Crippen LogP contribution in [0.1, 0.15) is 0 Å². The molecule has 0 unspecified atom stereocenters. The number of nitrogens with zero attached hydrogens (tertiary/aromatic N) is 3. The van der Waals surface area contributed by atoms with E-state index in [4.69, 9.17) is 26.6 Å². The summed E-state index contributed by atoms with van der Waals surface area (Å²) in [5.74, 6) is 1.89. The summed E-state index contributed by atoms with van der Waals surface area (Å²) in [5, 5.41) is 3.21. The molecule has 3 nitrogen and oxygen atoms in total. The molecule has 2 heterocycles. The van der Waals surface area contributed by atoms with Gasteiger partial charge in [0, 0.05) is 47.4 Å². The Morgan fingerprint density at radius 2 is 1.00 bits per heavy atom. The maximum atomic E-state index is 6.61. The normalized spacial score (nSPS) is 11.3. The second-order valence-electron chi connectivity index (χ2n) is 9.04. The number of halogens is 1. The predicted octanol–water partition coefficient (Wildman–Crippen LogP) is 9.56. The lowest BCUT2D eigenvalue weighted by molar-refractivity contribution is 1.07. The molecule has 0 aliphatic rings. The zero-order valence-corrected chi connectivity index (χ0v) is 21.7. The molecular formula is C33H20ClN3S. The van der Waals surface area contributed by atoms with E-state index in [9.17, 15) is 0 Å². The van der Waals surface area contributed by atoms with Crippen molar-refractivity contribution in [2.75, 3.05) is 0 Å². The average molecular weight is 526 g/mol. The van der Waals surface area contributed by atoms with E-state index >= 15 is 0 Å². The van der Waals surface area contributed by atoms with Crippen molar-refractivity contribution < 1.29 is 0 Å². The van der Waals surface area contributed by atoms with E-state index < -0.39 is 0 Å². The van der Waals surface area contributed by atoms with Gasteiger partial charge in [-0.2, -0.15) is 0 Å². The van der Waals surface area contributed by atoms with Gasteiger partial charge in [0.2, 0.25) is 0 Å². The highest BCUT2D eigenvalue weighted by molar-refractivity contribution is 7.25. The van der Waals surface area contributed by atoms with E-state index in [2.05, 4.69) is 60.7 Å². The second-order valence-corrected chi connectivity index (χ2v) is 10.5. The van der Waals surface area contributed by atoms with Crippen molar-refractivity contribution in [3.8, 4) is 45.3 Å². The van der Waals surface area contributed by atoms with Crippen LogP contribution in [0.2, 0.25) is 5.02 Å². The van der Waals surface area contributed by atoms with Gasteiger partial charge in [-0.25, -0.2) is 15.0 Å². The smallest absolute Gasteiger partial charge is 0.164 e. The predicted molar refractivity (Wildman–Crippen MR) is 159 cm³/mol. The molecule has 0 radical (unpaired) electrons. The molecule has 7 aromatic rings. The zero-order valence-electron chi connectivity index (χ0n) is 20.2. The van der Waals surface area contributed by atoms with Gasteiger partial charge >= 0.3 is 0 Å². The van der Waals surface area contributed by atoms with Crippen LogP contribution in [0.25, 0.3) is 65.5 Å². The monoisotopic (exact) mass is 525 g/mol. The van der Waals surface area contributed by atoms with Crippen molar-refractivity contribution in [2.24, 2.45) is 0 Å². The van der Waals surface area contributed by atoms with Crippen LogP contribution in [0.3, 0.4) is 0 Å². The fourth-order valence-electron chi connectivity index (χ4n) is 4.72. The lowest BCUT2D eigenvalue weighted by atomic mass is 10.0. The van der Waals surface area contributed by atoms with Gasteiger partial charge in [-0.15, -0.1) is 11.3 Å². The van der Waals surface area contributed by atoms with E-state index in [-0.39, 0.29) is 0 Å². The summed E-state index contributed by atoms with van der Waals surface area (Å²) in [6.45, 7) is 0. The highest BCUT2D eigenvalue weighted by atomic mass is 35.5. The van der Waals surface area contributed by atoms with Crippen molar-refractivity contribution in [3.63, 3.8) is 0 Å². The molecule has 0 bridgehead atoms. The first-order valence-corrected chi connectivity index (χ1v) is 13.5. The summed E-state index contributed by atoms with van der Waals surface area (Å²) in [7, 11) is 0. The summed E-state index contributed by atoms with van der Waals surface area (Å²) in [5.41, 5.74) is 4.78. The van der Waals surface area contributed by atoms with Crippen LogP contribution in [0, 0.1) is 0 Å². The van der Waals surface area contributed by atoms with Crippen LogP contribution in [-0.4, -0.2) is 15.0 Å². The maximum absolute atomic E-state index is 6.61. The SMILES string of the molecule is Clc1ccc(-c2nc(-c3ccccc3)nc(-c3ccc4c(c3)sc3ccccc34)n2)cc1-c1ccccc1. The summed E-state index contributed by atoms with van der Waals surface area (Å²) >= 11 is 8.40. The molecule has 0 aliphatic carbocycles. The number of rotatable bonds is 4. The fourth-order valence-corrected chi connectivity index (χ4v) is 6.09. The summed E-state index contributed by atoms with van der Waals surface area (Å²) in [6, 6.07) is 41.1. The number of benzene rings is 5. The van der Waals surface area contributed by atoms with Crippen LogP contribution < -0.4 is 0 Å². The second kappa shape index (κ2) is 9.49. The first-order valence-electron chi connectivity index (χ1n) is 12.3. The lowest BCUT2D eigenvalue weighted by Gasteiger charge is -2.11. The van der Waals surface area contributed by atoms with Gasteiger partial charge in [0.1, 0.15) is 0 Å². The molecular weight excluding hydrogens is 506 g/mol. The molecule has 5 aromatic carbocycles. The van der Waals surface area contributed by atoms with Crippen molar-refractivity contribution in [1.82, 2.24) is 15.0 Å². The molecule has 7 rings (SSSR count). The van der Waals surface area contributed by atoms with Crippen LogP contribution >= 0.6 is 22.9 Å². The molecule has 0 amide bonds.